The van der Waals surface area contributed by atoms with Gasteiger partial charge in [0.25, 0.3) is 0 Å². The fourth-order valence-corrected chi connectivity index (χ4v) is 3.69. The summed E-state index contributed by atoms with van der Waals surface area (Å²) in [5.74, 6) is 1.26. The van der Waals surface area contributed by atoms with E-state index in [4.69, 9.17) is 0 Å². The number of rotatable bonds is 7. The Labute approximate surface area is 156 Å². The van der Waals surface area contributed by atoms with Crippen molar-refractivity contribution in [2.45, 2.75) is 25.3 Å². The van der Waals surface area contributed by atoms with Crippen LogP contribution >= 0.6 is 11.8 Å². The summed E-state index contributed by atoms with van der Waals surface area (Å²) in [5, 5.41) is 3.00. The highest BCUT2D eigenvalue weighted by Gasteiger charge is 2.13. The number of hydrogen-bond acceptors (Lipinski definition) is 3. The van der Waals surface area contributed by atoms with Crippen LogP contribution in [0, 0.1) is 18.7 Å². The molecule has 0 saturated heterocycles. The van der Waals surface area contributed by atoms with Crippen LogP contribution in [0.1, 0.15) is 12.7 Å². The van der Waals surface area contributed by atoms with Crippen LogP contribution in [0.5, 0.6) is 0 Å². The molecule has 0 aliphatic rings. The number of carbonyl (C=O) groups is 1. The van der Waals surface area contributed by atoms with Gasteiger partial charge in [-0.15, -0.1) is 11.8 Å². The van der Waals surface area contributed by atoms with E-state index in [-0.39, 0.29) is 17.6 Å². The molecule has 1 N–H and O–H groups in total. The van der Waals surface area contributed by atoms with Gasteiger partial charge in [-0.3, -0.25) is 4.79 Å². The molecule has 2 aromatic carbocycles. The molecule has 0 bridgehead atoms. The molecule has 136 valence electrons. The second-order valence-electron chi connectivity index (χ2n) is 6.26. The van der Waals surface area contributed by atoms with Gasteiger partial charge in [-0.25, -0.2) is 9.37 Å². The lowest BCUT2D eigenvalue weighted by atomic mass is 10.2. The number of aryl methyl sites for hydroxylation is 1. The fourth-order valence-electron chi connectivity index (χ4n) is 2.77. The molecule has 1 heterocycles. The largest absolute Gasteiger partial charge is 0.354 e. The second kappa shape index (κ2) is 8.36. The summed E-state index contributed by atoms with van der Waals surface area (Å²) in [4.78, 5) is 17.8. The molecule has 0 aliphatic heterocycles. The number of fused-ring (bicyclic) bond motifs is 1. The standard InChI is InChI=1S/C20H22FN3OS/c1-14(13-26-17-9-7-16(21)8-10-17)20(25)22-11-12-24-15(2)23-18-5-3-4-6-19(18)24/h3-10,14H,11-13H2,1-2H3,(H,22,25)/t14-/m1/s1. The number of amides is 1. The molecule has 0 aliphatic carbocycles. The Hall–Kier alpha value is -2.34. The highest BCUT2D eigenvalue weighted by atomic mass is 32.2. The Morgan fingerprint density at radius 1 is 1.23 bits per heavy atom. The number of benzene rings is 2. The number of hydrogen-bond donors (Lipinski definition) is 1. The van der Waals surface area contributed by atoms with Crippen LogP contribution in [-0.2, 0) is 11.3 Å². The lowest BCUT2D eigenvalue weighted by molar-refractivity contribution is -0.123. The lowest BCUT2D eigenvalue weighted by Crippen LogP contribution is -2.33. The van der Waals surface area contributed by atoms with Gasteiger partial charge in [0.1, 0.15) is 11.6 Å². The number of nitrogens with zero attached hydrogens (tertiary/aromatic N) is 2. The first-order valence-corrected chi connectivity index (χ1v) is 9.61. The van der Waals surface area contributed by atoms with Gasteiger partial charge in [-0.2, -0.15) is 0 Å². The zero-order chi connectivity index (χ0) is 18.5. The van der Waals surface area contributed by atoms with Crippen LogP contribution in [0.25, 0.3) is 11.0 Å². The van der Waals surface area contributed by atoms with E-state index in [2.05, 4.69) is 14.9 Å². The number of para-hydroxylation sites is 2. The van der Waals surface area contributed by atoms with Crippen molar-refractivity contribution in [3.8, 4) is 0 Å². The molecule has 0 radical (unpaired) electrons. The molecule has 3 rings (SSSR count). The lowest BCUT2D eigenvalue weighted by Gasteiger charge is -2.13. The van der Waals surface area contributed by atoms with E-state index in [1.165, 1.54) is 12.1 Å². The van der Waals surface area contributed by atoms with Crippen molar-refractivity contribution >= 4 is 28.7 Å². The van der Waals surface area contributed by atoms with Crippen molar-refractivity contribution in [1.29, 1.82) is 0 Å². The van der Waals surface area contributed by atoms with Crippen molar-refractivity contribution in [3.63, 3.8) is 0 Å². The number of aromatic nitrogens is 2. The van der Waals surface area contributed by atoms with Crippen LogP contribution < -0.4 is 5.32 Å². The predicted octanol–water partition coefficient (Wildman–Crippen LogP) is 4.03. The Balaban J connectivity index is 1.48. The molecule has 1 atom stereocenters. The van der Waals surface area contributed by atoms with Gasteiger partial charge in [-0.05, 0) is 43.3 Å². The first kappa shape index (κ1) is 18.5. The Morgan fingerprint density at radius 2 is 1.96 bits per heavy atom. The van der Waals surface area contributed by atoms with E-state index in [1.54, 1.807) is 23.9 Å². The Kier molecular flexibility index (Phi) is 5.93. The highest BCUT2D eigenvalue weighted by Crippen LogP contribution is 2.21. The average molecular weight is 371 g/mol. The number of carbonyl (C=O) groups excluding carboxylic acids is 1. The summed E-state index contributed by atoms with van der Waals surface area (Å²) < 4.78 is 15.0. The molecule has 1 amide bonds. The van der Waals surface area contributed by atoms with Crippen molar-refractivity contribution in [3.05, 3.63) is 60.2 Å². The van der Waals surface area contributed by atoms with Gasteiger partial charge in [0, 0.05) is 29.7 Å². The minimum atomic E-state index is -0.248. The third kappa shape index (κ3) is 4.43. The molecular formula is C20H22FN3OS. The summed E-state index contributed by atoms with van der Waals surface area (Å²) in [6, 6.07) is 14.3. The molecular weight excluding hydrogens is 349 g/mol. The summed E-state index contributed by atoms with van der Waals surface area (Å²) >= 11 is 1.56. The topological polar surface area (TPSA) is 46.9 Å². The van der Waals surface area contributed by atoms with E-state index < -0.39 is 0 Å². The van der Waals surface area contributed by atoms with Crippen molar-refractivity contribution in [2.75, 3.05) is 12.3 Å². The van der Waals surface area contributed by atoms with Crippen molar-refractivity contribution in [2.24, 2.45) is 5.92 Å². The van der Waals surface area contributed by atoms with E-state index in [0.717, 1.165) is 21.8 Å². The maximum atomic E-state index is 12.9. The number of nitrogens with one attached hydrogen (secondary N) is 1. The molecule has 26 heavy (non-hydrogen) atoms. The normalized spacial score (nSPS) is 12.3. The van der Waals surface area contributed by atoms with Crippen LogP contribution in [0.3, 0.4) is 0 Å². The molecule has 3 aromatic rings. The SMILES string of the molecule is Cc1nc2ccccc2n1CCNC(=O)[C@H](C)CSc1ccc(F)cc1. The Bertz CT molecular complexity index is 892. The average Bonchev–Trinajstić information content (AvgIpc) is 2.96. The number of halogens is 1. The first-order chi connectivity index (χ1) is 12.5. The van der Waals surface area contributed by atoms with Crippen LogP contribution in [-0.4, -0.2) is 27.8 Å². The van der Waals surface area contributed by atoms with Gasteiger partial charge in [0.15, 0.2) is 0 Å². The predicted molar refractivity (Wildman–Crippen MR) is 104 cm³/mol. The minimum Gasteiger partial charge on any atom is -0.354 e. The van der Waals surface area contributed by atoms with E-state index in [0.29, 0.717) is 18.8 Å². The van der Waals surface area contributed by atoms with E-state index in [9.17, 15) is 9.18 Å². The Morgan fingerprint density at radius 3 is 2.73 bits per heavy atom. The number of thioether (sulfide) groups is 1. The second-order valence-corrected chi connectivity index (χ2v) is 7.35. The molecule has 6 heteroatoms. The van der Waals surface area contributed by atoms with Gasteiger partial charge in [-0.1, -0.05) is 19.1 Å². The van der Waals surface area contributed by atoms with Crippen molar-refractivity contribution in [1.82, 2.24) is 14.9 Å². The summed E-state index contributed by atoms with van der Waals surface area (Å²) in [6.45, 7) is 5.13. The summed E-state index contributed by atoms with van der Waals surface area (Å²) in [5.41, 5.74) is 2.06. The molecule has 0 fully saturated rings. The quantitative estimate of drug-likeness (QED) is 0.638. The minimum absolute atomic E-state index is 0.0293. The van der Waals surface area contributed by atoms with Crippen molar-refractivity contribution < 1.29 is 9.18 Å². The van der Waals surface area contributed by atoms with Gasteiger partial charge >= 0.3 is 0 Å². The summed E-state index contributed by atoms with van der Waals surface area (Å²) in [6.07, 6.45) is 0. The maximum Gasteiger partial charge on any atom is 0.223 e. The number of imidazole rings is 1. The molecule has 0 saturated carbocycles. The monoisotopic (exact) mass is 371 g/mol. The smallest absolute Gasteiger partial charge is 0.223 e. The fraction of sp³-hybridized carbons (Fsp3) is 0.300. The van der Waals surface area contributed by atoms with Crippen LogP contribution in [0.2, 0.25) is 0 Å². The molecule has 1 aromatic heterocycles. The van der Waals surface area contributed by atoms with E-state index in [1.807, 2.05) is 38.1 Å². The molecule has 0 spiro atoms. The van der Waals surface area contributed by atoms with Crippen LogP contribution in [0.15, 0.2) is 53.4 Å². The highest BCUT2D eigenvalue weighted by molar-refractivity contribution is 7.99. The zero-order valence-corrected chi connectivity index (χ0v) is 15.7. The molecule has 4 nitrogen and oxygen atoms in total. The zero-order valence-electron chi connectivity index (χ0n) is 14.9. The maximum absolute atomic E-state index is 12.9. The third-order valence-corrected chi connectivity index (χ3v) is 5.51. The van der Waals surface area contributed by atoms with Gasteiger partial charge in [0.05, 0.1) is 11.0 Å². The van der Waals surface area contributed by atoms with Crippen LogP contribution in [0.4, 0.5) is 4.39 Å². The molecule has 0 unspecified atom stereocenters. The first-order valence-electron chi connectivity index (χ1n) is 8.62. The van der Waals surface area contributed by atoms with Gasteiger partial charge in [0.2, 0.25) is 5.91 Å². The van der Waals surface area contributed by atoms with Gasteiger partial charge < -0.3 is 9.88 Å². The van der Waals surface area contributed by atoms with E-state index >= 15 is 0 Å². The summed E-state index contributed by atoms with van der Waals surface area (Å²) in [7, 11) is 0. The third-order valence-electron chi connectivity index (χ3n) is 4.24.